The number of rotatable bonds is 4. The van der Waals surface area contributed by atoms with Gasteiger partial charge >= 0.3 is 0 Å². The number of aryl methyl sites for hydroxylation is 1. The summed E-state index contributed by atoms with van der Waals surface area (Å²) in [6, 6.07) is 9.29. The number of hydrazine groups is 1. The molecule has 2 aliphatic heterocycles. The van der Waals surface area contributed by atoms with Gasteiger partial charge in [0.05, 0.1) is 24.0 Å². The van der Waals surface area contributed by atoms with Crippen molar-refractivity contribution in [3.05, 3.63) is 50.7 Å². The number of nitrogens with zero attached hydrogens (tertiary/aromatic N) is 4. The van der Waals surface area contributed by atoms with Crippen LogP contribution in [0.2, 0.25) is 0 Å². The van der Waals surface area contributed by atoms with E-state index >= 15 is 0 Å². The molecule has 1 aromatic heterocycles. The van der Waals surface area contributed by atoms with Gasteiger partial charge in [-0.15, -0.1) is 0 Å². The van der Waals surface area contributed by atoms with Gasteiger partial charge in [0.25, 0.3) is 11.8 Å². The molecule has 2 aromatic rings. The standard InChI is InChI=1S/C26H32IN5O3/c1-17-13-21(29-23(14-17)31-11-12-35-18(2)16-31)25(34)32(28)24(33)20-4-3-19(27)15-22(20)30-9-7-26(5-6-26)8-10-30/h3-4,13-15,18H,5-12,16,28H2,1-2H3/t18-/m1/s1. The van der Waals surface area contributed by atoms with E-state index in [1.165, 1.54) is 12.8 Å². The lowest BCUT2D eigenvalue weighted by Crippen LogP contribution is -2.45. The first-order chi connectivity index (χ1) is 16.7. The van der Waals surface area contributed by atoms with Gasteiger partial charge in [-0.2, -0.15) is 0 Å². The number of anilines is 2. The summed E-state index contributed by atoms with van der Waals surface area (Å²) in [5, 5.41) is 0.714. The van der Waals surface area contributed by atoms with Crippen LogP contribution in [0.4, 0.5) is 11.5 Å². The van der Waals surface area contributed by atoms with Crippen LogP contribution in [0, 0.1) is 15.9 Å². The largest absolute Gasteiger partial charge is 0.375 e. The van der Waals surface area contributed by atoms with Crippen LogP contribution in [-0.4, -0.2) is 60.7 Å². The van der Waals surface area contributed by atoms with Crippen molar-refractivity contribution in [1.29, 1.82) is 0 Å². The van der Waals surface area contributed by atoms with Crippen LogP contribution < -0.4 is 15.6 Å². The number of carbonyl (C=O) groups excluding carboxylic acids is 2. The second-order valence-corrected chi connectivity index (χ2v) is 11.4. The van der Waals surface area contributed by atoms with E-state index in [1.54, 1.807) is 12.1 Å². The SMILES string of the molecule is Cc1cc(C(=O)N(N)C(=O)c2ccc(I)cc2N2CCC3(CC2)CC3)nc(N2CCO[C@H](C)C2)c1. The average molecular weight is 589 g/mol. The Hall–Kier alpha value is -2.24. The minimum absolute atomic E-state index is 0.0849. The van der Waals surface area contributed by atoms with Crippen molar-refractivity contribution < 1.29 is 14.3 Å². The van der Waals surface area contributed by atoms with Gasteiger partial charge in [-0.3, -0.25) is 9.59 Å². The average Bonchev–Trinajstić information content (AvgIpc) is 3.61. The number of hydrogen-bond acceptors (Lipinski definition) is 7. The molecule has 0 radical (unpaired) electrons. The Labute approximate surface area is 219 Å². The molecule has 1 saturated carbocycles. The molecule has 9 heteroatoms. The van der Waals surface area contributed by atoms with Crippen LogP contribution in [0.1, 0.15) is 59.0 Å². The highest BCUT2D eigenvalue weighted by Gasteiger charge is 2.44. The van der Waals surface area contributed by atoms with Crippen LogP contribution >= 0.6 is 22.6 Å². The molecule has 186 valence electrons. The molecule has 1 aromatic carbocycles. The molecule has 1 aliphatic carbocycles. The summed E-state index contributed by atoms with van der Waals surface area (Å²) in [4.78, 5) is 35.7. The van der Waals surface area contributed by atoms with Crippen LogP contribution in [0.15, 0.2) is 30.3 Å². The van der Waals surface area contributed by atoms with Crippen molar-refractivity contribution in [3.8, 4) is 0 Å². The molecular weight excluding hydrogens is 557 g/mol. The van der Waals surface area contributed by atoms with Crippen LogP contribution in [0.25, 0.3) is 0 Å². The fourth-order valence-electron chi connectivity index (χ4n) is 5.14. The number of hydrogen-bond donors (Lipinski definition) is 1. The van der Waals surface area contributed by atoms with Gasteiger partial charge in [0.15, 0.2) is 0 Å². The maximum Gasteiger partial charge on any atom is 0.293 e. The molecule has 3 aliphatic rings. The summed E-state index contributed by atoms with van der Waals surface area (Å²) in [5.74, 6) is 5.73. The third-order valence-electron chi connectivity index (χ3n) is 7.49. The van der Waals surface area contributed by atoms with Crippen molar-refractivity contribution in [2.75, 3.05) is 42.6 Å². The molecule has 3 heterocycles. The second-order valence-electron chi connectivity index (χ2n) is 10.1. The fraction of sp³-hybridized carbons (Fsp3) is 0.500. The van der Waals surface area contributed by atoms with E-state index in [1.807, 2.05) is 32.0 Å². The number of halogens is 1. The van der Waals surface area contributed by atoms with Gasteiger partial charge in [0, 0.05) is 29.7 Å². The first-order valence-corrected chi connectivity index (χ1v) is 13.4. The highest BCUT2D eigenvalue weighted by Crippen LogP contribution is 2.54. The number of amides is 2. The number of ether oxygens (including phenoxy) is 1. The lowest BCUT2D eigenvalue weighted by molar-refractivity contribution is 0.0529. The zero-order valence-electron chi connectivity index (χ0n) is 20.3. The number of morpholine rings is 1. The summed E-state index contributed by atoms with van der Waals surface area (Å²) in [6.45, 7) is 7.75. The van der Waals surface area contributed by atoms with Crippen LogP contribution in [-0.2, 0) is 4.74 Å². The van der Waals surface area contributed by atoms with Gasteiger partial charge in [-0.05, 0) is 103 Å². The molecule has 2 amide bonds. The molecule has 2 saturated heterocycles. The van der Waals surface area contributed by atoms with Gasteiger partial charge in [0.2, 0.25) is 0 Å². The lowest BCUT2D eigenvalue weighted by atomic mass is 9.93. The summed E-state index contributed by atoms with van der Waals surface area (Å²) >= 11 is 2.26. The van der Waals surface area contributed by atoms with Gasteiger partial charge in [0.1, 0.15) is 11.5 Å². The fourth-order valence-corrected chi connectivity index (χ4v) is 5.61. The predicted octanol–water partition coefficient (Wildman–Crippen LogP) is 3.76. The monoisotopic (exact) mass is 589 g/mol. The molecule has 5 rings (SSSR count). The highest BCUT2D eigenvalue weighted by molar-refractivity contribution is 14.1. The zero-order valence-corrected chi connectivity index (χ0v) is 22.5. The maximum absolute atomic E-state index is 13.5. The Balaban J connectivity index is 1.38. The van der Waals surface area contributed by atoms with Crippen LogP contribution in [0.5, 0.6) is 0 Å². The van der Waals surface area contributed by atoms with E-state index in [4.69, 9.17) is 10.6 Å². The molecule has 8 nitrogen and oxygen atoms in total. The summed E-state index contributed by atoms with van der Waals surface area (Å²) in [6.07, 6.45) is 5.01. The molecular formula is C26H32IN5O3. The molecule has 1 atom stereocenters. The third-order valence-corrected chi connectivity index (χ3v) is 8.16. The van der Waals surface area contributed by atoms with E-state index in [-0.39, 0.29) is 11.8 Å². The van der Waals surface area contributed by atoms with E-state index < -0.39 is 11.8 Å². The first-order valence-electron chi connectivity index (χ1n) is 12.3. The quantitative estimate of drug-likeness (QED) is 0.191. The van der Waals surface area contributed by atoms with Gasteiger partial charge in [-0.25, -0.2) is 15.8 Å². The minimum atomic E-state index is -0.610. The Kier molecular flexibility index (Phi) is 6.75. The molecule has 1 spiro atoms. The molecule has 0 unspecified atom stereocenters. The number of carbonyl (C=O) groups is 2. The number of imide groups is 1. The predicted molar refractivity (Wildman–Crippen MR) is 144 cm³/mol. The zero-order chi connectivity index (χ0) is 24.7. The van der Waals surface area contributed by atoms with Crippen LogP contribution in [0.3, 0.4) is 0 Å². The number of piperidine rings is 1. The van der Waals surface area contributed by atoms with Crippen molar-refractivity contribution in [2.45, 2.75) is 45.6 Å². The Morgan fingerprint density at radius 1 is 1.09 bits per heavy atom. The third kappa shape index (κ3) is 5.17. The lowest BCUT2D eigenvalue weighted by Gasteiger charge is -2.35. The molecule has 35 heavy (non-hydrogen) atoms. The number of nitrogens with two attached hydrogens (primary N) is 1. The second kappa shape index (κ2) is 9.67. The minimum Gasteiger partial charge on any atom is -0.375 e. The maximum atomic E-state index is 13.5. The number of benzene rings is 1. The van der Waals surface area contributed by atoms with E-state index in [9.17, 15) is 9.59 Å². The Bertz CT molecular complexity index is 1140. The van der Waals surface area contributed by atoms with Crippen molar-refractivity contribution in [1.82, 2.24) is 9.99 Å². The highest BCUT2D eigenvalue weighted by atomic mass is 127. The Morgan fingerprint density at radius 3 is 2.51 bits per heavy atom. The topological polar surface area (TPSA) is 92.0 Å². The van der Waals surface area contributed by atoms with Crippen molar-refractivity contribution in [3.63, 3.8) is 0 Å². The molecule has 3 fully saturated rings. The van der Waals surface area contributed by atoms with Crippen molar-refractivity contribution >= 4 is 45.9 Å². The molecule has 0 bridgehead atoms. The van der Waals surface area contributed by atoms with E-state index in [0.29, 0.717) is 41.5 Å². The summed E-state index contributed by atoms with van der Waals surface area (Å²) in [5.41, 5.74) is 2.88. The first kappa shape index (κ1) is 24.5. The van der Waals surface area contributed by atoms with E-state index in [0.717, 1.165) is 40.8 Å². The number of pyridine rings is 1. The Morgan fingerprint density at radius 2 is 1.83 bits per heavy atom. The summed E-state index contributed by atoms with van der Waals surface area (Å²) in [7, 11) is 0. The van der Waals surface area contributed by atoms with E-state index in [2.05, 4.69) is 37.4 Å². The normalized spacial score (nSPS) is 21.2. The number of aromatic nitrogens is 1. The van der Waals surface area contributed by atoms with Gasteiger partial charge < -0.3 is 14.5 Å². The summed E-state index contributed by atoms with van der Waals surface area (Å²) < 4.78 is 6.67. The van der Waals surface area contributed by atoms with Crippen molar-refractivity contribution in [2.24, 2.45) is 11.3 Å². The van der Waals surface area contributed by atoms with Gasteiger partial charge in [-0.1, -0.05) is 0 Å². The smallest absolute Gasteiger partial charge is 0.293 e. The molecule has 2 N–H and O–H groups in total.